The van der Waals surface area contributed by atoms with Crippen LogP contribution in [-0.4, -0.2) is 30.4 Å². The van der Waals surface area contributed by atoms with Gasteiger partial charge in [-0.2, -0.15) is 10.2 Å². The van der Waals surface area contributed by atoms with E-state index in [4.69, 9.17) is 11.6 Å². The Bertz CT molecular complexity index is 1040. The first-order chi connectivity index (χ1) is 12.8. The van der Waals surface area contributed by atoms with E-state index in [1.165, 1.54) is 37.0 Å². The highest BCUT2D eigenvalue weighted by Gasteiger charge is 2.30. The zero-order chi connectivity index (χ0) is 19.7. The molecule has 0 spiro atoms. The fourth-order valence-corrected chi connectivity index (χ4v) is 2.87. The van der Waals surface area contributed by atoms with E-state index in [-0.39, 0.29) is 40.3 Å². The SMILES string of the molecule is Cc1nn(C)c(C(=O)Nc2nn(Cc3cccc(F)c3)cc2Cl)c1[N+](=O)[O-]. The van der Waals surface area contributed by atoms with Gasteiger partial charge in [0.2, 0.25) is 5.69 Å². The lowest BCUT2D eigenvalue weighted by Crippen LogP contribution is -2.18. The van der Waals surface area contributed by atoms with E-state index >= 15 is 0 Å². The minimum absolute atomic E-state index is 0.0335. The summed E-state index contributed by atoms with van der Waals surface area (Å²) >= 11 is 6.09. The lowest BCUT2D eigenvalue weighted by atomic mass is 10.2. The van der Waals surface area contributed by atoms with Crippen LogP contribution in [-0.2, 0) is 13.6 Å². The average molecular weight is 393 g/mol. The van der Waals surface area contributed by atoms with Crippen molar-refractivity contribution < 1.29 is 14.1 Å². The number of aromatic nitrogens is 4. The number of hydrogen-bond donors (Lipinski definition) is 1. The molecule has 11 heteroatoms. The Hall–Kier alpha value is -3.27. The Balaban J connectivity index is 1.84. The van der Waals surface area contributed by atoms with Crippen molar-refractivity contribution in [2.75, 3.05) is 5.32 Å². The fourth-order valence-electron chi connectivity index (χ4n) is 2.67. The second kappa shape index (κ2) is 7.16. The smallest absolute Gasteiger partial charge is 0.302 e. The number of carbonyl (C=O) groups is 1. The monoisotopic (exact) mass is 392 g/mol. The topological polar surface area (TPSA) is 108 Å². The first-order valence-corrected chi connectivity index (χ1v) is 8.10. The molecule has 9 nitrogen and oxygen atoms in total. The summed E-state index contributed by atoms with van der Waals surface area (Å²) in [6.07, 6.45) is 1.46. The number of nitro groups is 1. The van der Waals surface area contributed by atoms with Crippen LogP contribution in [0.5, 0.6) is 0 Å². The van der Waals surface area contributed by atoms with Gasteiger partial charge in [-0.1, -0.05) is 23.7 Å². The normalized spacial score (nSPS) is 10.8. The molecule has 0 fully saturated rings. The van der Waals surface area contributed by atoms with E-state index in [0.717, 1.165) is 4.68 Å². The molecule has 1 N–H and O–H groups in total. The van der Waals surface area contributed by atoms with Gasteiger partial charge in [-0.05, 0) is 24.6 Å². The van der Waals surface area contributed by atoms with Crippen molar-refractivity contribution in [3.63, 3.8) is 0 Å². The Morgan fingerprint density at radius 3 is 2.81 bits per heavy atom. The van der Waals surface area contributed by atoms with Crippen molar-refractivity contribution in [2.24, 2.45) is 7.05 Å². The molecule has 1 aromatic carbocycles. The van der Waals surface area contributed by atoms with Crippen LogP contribution in [0.25, 0.3) is 0 Å². The van der Waals surface area contributed by atoms with Crippen LogP contribution in [0.1, 0.15) is 21.7 Å². The molecule has 140 valence electrons. The summed E-state index contributed by atoms with van der Waals surface area (Å²) in [5.74, 6) is -1.10. The van der Waals surface area contributed by atoms with E-state index in [0.29, 0.717) is 5.56 Å². The Morgan fingerprint density at radius 1 is 1.41 bits per heavy atom. The lowest BCUT2D eigenvalue weighted by molar-refractivity contribution is -0.385. The maximum atomic E-state index is 13.3. The van der Waals surface area contributed by atoms with Crippen molar-refractivity contribution in [1.29, 1.82) is 0 Å². The highest BCUT2D eigenvalue weighted by atomic mass is 35.5. The molecule has 0 radical (unpaired) electrons. The Labute approximate surface area is 157 Å². The summed E-state index contributed by atoms with van der Waals surface area (Å²) in [6, 6.07) is 5.98. The van der Waals surface area contributed by atoms with E-state index in [1.807, 2.05) is 0 Å². The number of halogens is 2. The maximum absolute atomic E-state index is 13.3. The minimum Gasteiger partial charge on any atom is -0.302 e. The molecule has 3 aromatic rings. The first-order valence-electron chi connectivity index (χ1n) is 7.73. The highest BCUT2D eigenvalue weighted by molar-refractivity contribution is 6.33. The van der Waals surface area contributed by atoms with Crippen LogP contribution in [0.2, 0.25) is 5.02 Å². The number of hydrogen-bond acceptors (Lipinski definition) is 5. The van der Waals surface area contributed by atoms with E-state index in [9.17, 15) is 19.3 Å². The van der Waals surface area contributed by atoms with Crippen molar-refractivity contribution in [2.45, 2.75) is 13.5 Å². The summed E-state index contributed by atoms with van der Waals surface area (Å²) in [6.45, 7) is 1.67. The van der Waals surface area contributed by atoms with Crippen molar-refractivity contribution in [3.8, 4) is 0 Å². The number of nitrogens with zero attached hydrogens (tertiary/aromatic N) is 5. The number of carbonyl (C=O) groups excluding carboxylic acids is 1. The molecule has 0 unspecified atom stereocenters. The molecule has 0 aliphatic heterocycles. The van der Waals surface area contributed by atoms with Gasteiger partial charge in [0.15, 0.2) is 5.82 Å². The highest BCUT2D eigenvalue weighted by Crippen LogP contribution is 2.25. The molecule has 3 rings (SSSR count). The number of aryl methyl sites for hydroxylation is 2. The average Bonchev–Trinajstić information content (AvgIpc) is 3.06. The van der Waals surface area contributed by atoms with Crippen LogP contribution >= 0.6 is 11.6 Å². The van der Waals surface area contributed by atoms with Gasteiger partial charge in [0.05, 0.1) is 11.5 Å². The van der Waals surface area contributed by atoms with Gasteiger partial charge in [-0.25, -0.2) is 4.39 Å². The van der Waals surface area contributed by atoms with E-state index in [2.05, 4.69) is 15.5 Å². The molecular formula is C16H14ClFN6O3. The van der Waals surface area contributed by atoms with Gasteiger partial charge < -0.3 is 5.32 Å². The molecule has 0 bridgehead atoms. The van der Waals surface area contributed by atoms with Gasteiger partial charge >= 0.3 is 5.69 Å². The van der Waals surface area contributed by atoms with Gasteiger partial charge in [0.25, 0.3) is 5.91 Å². The van der Waals surface area contributed by atoms with Crippen LogP contribution in [0, 0.1) is 22.9 Å². The van der Waals surface area contributed by atoms with Crippen LogP contribution in [0.15, 0.2) is 30.5 Å². The number of rotatable bonds is 5. The Morgan fingerprint density at radius 2 is 2.15 bits per heavy atom. The molecule has 2 heterocycles. The lowest BCUT2D eigenvalue weighted by Gasteiger charge is -2.04. The van der Waals surface area contributed by atoms with Gasteiger partial charge in [-0.3, -0.25) is 24.3 Å². The van der Waals surface area contributed by atoms with Crippen LogP contribution in [0.3, 0.4) is 0 Å². The molecule has 1 amide bonds. The molecule has 2 aromatic heterocycles. The third-order valence-electron chi connectivity index (χ3n) is 3.77. The molecule has 0 aliphatic rings. The van der Waals surface area contributed by atoms with Gasteiger partial charge in [0.1, 0.15) is 16.5 Å². The second-order valence-electron chi connectivity index (χ2n) is 5.77. The number of amides is 1. The number of benzene rings is 1. The van der Waals surface area contributed by atoms with Crippen LogP contribution < -0.4 is 5.32 Å². The van der Waals surface area contributed by atoms with E-state index < -0.39 is 10.8 Å². The third-order valence-corrected chi connectivity index (χ3v) is 4.05. The Kier molecular flexibility index (Phi) is 4.91. The van der Waals surface area contributed by atoms with Gasteiger partial charge in [0, 0.05) is 13.2 Å². The quantitative estimate of drug-likeness (QED) is 0.530. The number of anilines is 1. The summed E-state index contributed by atoms with van der Waals surface area (Å²) in [5.41, 5.74) is 0.180. The molecule has 0 saturated heterocycles. The predicted octanol–water partition coefficient (Wildman–Crippen LogP) is 2.93. The summed E-state index contributed by atoms with van der Waals surface area (Å²) in [5, 5.41) is 21.9. The summed E-state index contributed by atoms with van der Waals surface area (Å²) in [7, 11) is 1.43. The van der Waals surface area contributed by atoms with Crippen molar-refractivity contribution >= 4 is 29.0 Å². The fraction of sp³-hybridized carbons (Fsp3) is 0.188. The largest absolute Gasteiger partial charge is 0.322 e. The number of nitrogens with one attached hydrogen (secondary N) is 1. The van der Waals surface area contributed by atoms with E-state index in [1.54, 1.807) is 12.1 Å². The predicted molar refractivity (Wildman–Crippen MR) is 95.3 cm³/mol. The summed E-state index contributed by atoms with van der Waals surface area (Å²) < 4.78 is 15.8. The van der Waals surface area contributed by atoms with Crippen LogP contribution in [0.4, 0.5) is 15.9 Å². The first kappa shape index (κ1) is 18.5. The van der Waals surface area contributed by atoms with Crippen molar-refractivity contribution in [1.82, 2.24) is 19.6 Å². The summed E-state index contributed by atoms with van der Waals surface area (Å²) in [4.78, 5) is 23.0. The van der Waals surface area contributed by atoms with Crippen molar-refractivity contribution in [3.05, 3.63) is 68.4 Å². The minimum atomic E-state index is -0.761. The maximum Gasteiger partial charge on any atom is 0.322 e. The standard InChI is InChI=1S/C16H14ClFN6O3/c1-9-13(24(26)27)14(22(2)20-9)16(25)19-15-12(17)8-23(21-15)7-10-4-3-5-11(18)6-10/h3-6,8H,7H2,1-2H3,(H,19,21,25). The molecule has 0 aliphatic carbocycles. The zero-order valence-corrected chi connectivity index (χ0v) is 15.1. The molecule has 0 atom stereocenters. The van der Waals surface area contributed by atoms with Gasteiger partial charge in [-0.15, -0.1) is 0 Å². The zero-order valence-electron chi connectivity index (χ0n) is 14.3. The molecular weight excluding hydrogens is 379 g/mol. The molecule has 0 saturated carbocycles. The second-order valence-corrected chi connectivity index (χ2v) is 6.18. The molecule has 27 heavy (non-hydrogen) atoms. The third kappa shape index (κ3) is 3.80.